The molecule has 0 aliphatic rings. The minimum Gasteiger partial charge on any atom is -0.483 e. The fourth-order valence-corrected chi connectivity index (χ4v) is 3.21. The Morgan fingerprint density at radius 1 is 1.30 bits per heavy atom. The predicted octanol–water partition coefficient (Wildman–Crippen LogP) is 3.78. The molecule has 2 rings (SSSR count). The summed E-state index contributed by atoms with van der Waals surface area (Å²) in [5.41, 5.74) is 0.314. The molecule has 1 N–H and O–H groups in total. The van der Waals surface area contributed by atoms with Crippen LogP contribution in [0.3, 0.4) is 0 Å². The summed E-state index contributed by atoms with van der Waals surface area (Å²) in [5.74, 6) is -0.810. The second kappa shape index (κ2) is 9.71. The van der Waals surface area contributed by atoms with Gasteiger partial charge in [-0.3, -0.25) is 9.59 Å². The normalized spacial score (nSPS) is 11.6. The molecule has 2 aromatic carbocycles. The van der Waals surface area contributed by atoms with Crippen molar-refractivity contribution in [3.63, 3.8) is 0 Å². The Kier molecular flexibility index (Phi) is 7.62. The van der Waals surface area contributed by atoms with Crippen molar-refractivity contribution in [1.82, 2.24) is 10.2 Å². The first-order chi connectivity index (χ1) is 12.8. The zero-order valence-corrected chi connectivity index (χ0v) is 17.2. The second-order valence-electron chi connectivity index (χ2n) is 5.77. The quantitative estimate of drug-likeness (QED) is 0.688. The summed E-state index contributed by atoms with van der Waals surface area (Å²) < 4.78 is 20.2. The van der Waals surface area contributed by atoms with Crippen molar-refractivity contribution in [2.45, 2.75) is 19.5 Å². The van der Waals surface area contributed by atoms with E-state index in [0.29, 0.717) is 20.8 Å². The third-order valence-electron chi connectivity index (χ3n) is 3.96. The highest BCUT2D eigenvalue weighted by atomic mass is 79.9. The molecule has 1 atom stereocenters. The van der Waals surface area contributed by atoms with Crippen molar-refractivity contribution in [3.8, 4) is 5.75 Å². The molecule has 0 bridgehead atoms. The summed E-state index contributed by atoms with van der Waals surface area (Å²) in [6.07, 6.45) is 0. The Hall–Kier alpha value is -2.12. The summed E-state index contributed by atoms with van der Waals surface area (Å²) in [6, 6.07) is 10.2. The van der Waals surface area contributed by atoms with Gasteiger partial charge in [0.05, 0.1) is 4.47 Å². The lowest BCUT2D eigenvalue weighted by atomic mass is 10.1. The number of nitrogens with one attached hydrogen (secondary N) is 1. The smallest absolute Gasteiger partial charge is 0.261 e. The molecule has 8 heteroatoms. The van der Waals surface area contributed by atoms with E-state index < -0.39 is 17.8 Å². The zero-order valence-electron chi connectivity index (χ0n) is 14.8. The maximum Gasteiger partial charge on any atom is 0.261 e. The van der Waals surface area contributed by atoms with E-state index in [0.717, 1.165) is 0 Å². The predicted molar refractivity (Wildman–Crippen MR) is 105 cm³/mol. The Labute approximate surface area is 170 Å². The van der Waals surface area contributed by atoms with Crippen molar-refractivity contribution in [2.24, 2.45) is 0 Å². The van der Waals surface area contributed by atoms with Crippen molar-refractivity contribution < 1.29 is 18.7 Å². The Morgan fingerprint density at radius 3 is 2.63 bits per heavy atom. The van der Waals surface area contributed by atoms with Crippen LogP contribution in [0.5, 0.6) is 5.75 Å². The zero-order chi connectivity index (χ0) is 20.0. The molecule has 27 heavy (non-hydrogen) atoms. The van der Waals surface area contributed by atoms with Gasteiger partial charge in [0.25, 0.3) is 5.91 Å². The lowest BCUT2D eigenvalue weighted by Gasteiger charge is -2.28. The second-order valence-corrected chi connectivity index (χ2v) is 7.06. The van der Waals surface area contributed by atoms with Crippen molar-refractivity contribution >= 4 is 39.3 Å². The molecule has 2 amide bonds. The number of carbonyl (C=O) groups is 2. The van der Waals surface area contributed by atoms with Crippen LogP contribution in [-0.4, -0.2) is 36.4 Å². The van der Waals surface area contributed by atoms with E-state index >= 15 is 0 Å². The summed E-state index contributed by atoms with van der Waals surface area (Å²) >= 11 is 9.20. The molecular formula is C19H19BrClFN2O3. The highest BCUT2D eigenvalue weighted by Gasteiger charge is 2.26. The van der Waals surface area contributed by atoms with Crippen molar-refractivity contribution in [2.75, 3.05) is 13.7 Å². The van der Waals surface area contributed by atoms with Crippen LogP contribution in [0.4, 0.5) is 4.39 Å². The average molecular weight is 458 g/mol. The minimum absolute atomic E-state index is 0.0504. The number of hydrogen-bond donors (Lipinski definition) is 1. The number of hydrogen-bond acceptors (Lipinski definition) is 3. The first-order valence-electron chi connectivity index (χ1n) is 8.15. The van der Waals surface area contributed by atoms with Gasteiger partial charge in [0.15, 0.2) is 6.61 Å². The maximum absolute atomic E-state index is 14.0. The van der Waals surface area contributed by atoms with Crippen LogP contribution >= 0.6 is 27.5 Å². The van der Waals surface area contributed by atoms with Gasteiger partial charge in [-0.15, -0.1) is 0 Å². The topological polar surface area (TPSA) is 58.6 Å². The van der Waals surface area contributed by atoms with Gasteiger partial charge in [-0.25, -0.2) is 4.39 Å². The molecule has 144 valence electrons. The van der Waals surface area contributed by atoms with Gasteiger partial charge in [0.2, 0.25) is 5.91 Å². The van der Waals surface area contributed by atoms with E-state index in [1.165, 1.54) is 18.0 Å². The molecule has 0 heterocycles. The Bertz CT molecular complexity index is 834. The molecule has 0 aliphatic heterocycles. The average Bonchev–Trinajstić information content (AvgIpc) is 2.65. The van der Waals surface area contributed by atoms with Crippen LogP contribution in [-0.2, 0) is 16.1 Å². The SMILES string of the molecule is CNC(=O)[C@H](C)N(Cc1ccccc1F)C(=O)COc1ccc(Cl)cc1Br. The van der Waals surface area contributed by atoms with Crippen LogP contribution in [0.15, 0.2) is 46.9 Å². The third kappa shape index (κ3) is 5.68. The van der Waals surface area contributed by atoms with E-state index in [9.17, 15) is 14.0 Å². The fourth-order valence-electron chi connectivity index (χ4n) is 2.42. The lowest BCUT2D eigenvalue weighted by Crippen LogP contribution is -2.48. The van der Waals surface area contributed by atoms with Crippen LogP contribution in [0, 0.1) is 5.82 Å². The number of nitrogens with zero attached hydrogens (tertiary/aromatic N) is 1. The number of ether oxygens (including phenoxy) is 1. The molecule has 0 radical (unpaired) electrons. The molecule has 0 fully saturated rings. The van der Waals surface area contributed by atoms with Gasteiger partial charge in [0, 0.05) is 24.2 Å². The fraction of sp³-hybridized carbons (Fsp3) is 0.263. The van der Waals surface area contributed by atoms with Crippen LogP contribution < -0.4 is 10.1 Å². The molecule has 5 nitrogen and oxygen atoms in total. The number of amides is 2. The summed E-state index contributed by atoms with van der Waals surface area (Å²) in [5, 5.41) is 3.02. The van der Waals surface area contributed by atoms with E-state index in [1.807, 2.05) is 0 Å². The van der Waals surface area contributed by atoms with Gasteiger partial charge < -0.3 is 15.0 Å². The number of halogens is 3. The standard InChI is InChI=1S/C19H19BrClFN2O3/c1-12(19(26)23-2)24(10-13-5-3-4-6-16(13)22)18(25)11-27-17-8-7-14(21)9-15(17)20/h3-9,12H,10-11H2,1-2H3,(H,23,26)/t12-/m0/s1. The Morgan fingerprint density at radius 2 is 2.00 bits per heavy atom. The molecule has 2 aromatic rings. The number of likely N-dealkylation sites (N-methyl/N-ethyl adjacent to an activating group) is 1. The van der Waals surface area contributed by atoms with Crippen molar-refractivity contribution in [3.05, 3.63) is 63.3 Å². The largest absolute Gasteiger partial charge is 0.483 e. The van der Waals surface area contributed by atoms with Crippen molar-refractivity contribution in [1.29, 1.82) is 0 Å². The Balaban J connectivity index is 2.17. The summed E-state index contributed by atoms with van der Waals surface area (Å²) in [7, 11) is 1.48. The molecule has 0 spiro atoms. The van der Waals surface area contributed by atoms with E-state index in [2.05, 4.69) is 21.2 Å². The first-order valence-corrected chi connectivity index (χ1v) is 9.33. The van der Waals surface area contributed by atoms with Gasteiger partial charge in [-0.1, -0.05) is 29.8 Å². The molecular weight excluding hydrogens is 439 g/mol. The van der Waals surface area contributed by atoms with Crippen LogP contribution in [0.25, 0.3) is 0 Å². The van der Waals surface area contributed by atoms with E-state index in [4.69, 9.17) is 16.3 Å². The number of benzene rings is 2. The number of rotatable bonds is 7. The number of carbonyl (C=O) groups excluding carboxylic acids is 2. The van der Waals surface area contributed by atoms with Gasteiger partial charge in [-0.05, 0) is 47.1 Å². The molecule has 0 saturated heterocycles. The van der Waals surface area contributed by atoms with E-state index in [-0.39, 0.29) is 19.1 Å². The summed E-state index contributed by atoms with van der Waals surface area (Å²) in [4.78, 5) is 26.0. The molecule has 0 aromatic heterocycles. The van der Waals surface area contributed by atoms with Gasteiger partial charge >= 0.3 is 0 Å². The van der Waals surface area contributed by atoms with E-state index in [1.54, 1.807) is 43.3 Å². The van der Waals surface area contributed by atoms with Crippen LogP contribution in [0.1, 0.15) is 12.5 Å². The maximum atomic E-state index is 14.0. The van der Waals surface area contributed by atoms with Gasteiger partial charge in [0.1, 0.15) is 17.6 Å². The first kappa shape index (κ1) is 21.2. The van der Waals surface area contributed by atoms with Gasteiger partial charge in [-0.2, -0.15) is 0 Å². The summed E-state index contributed by atoms with van der Waals surface area (Å²) in [6.45, 7) is 1.22. The molecule has 0 aliphatic carbocycles. The monoisotopic (exact) mass is 456 g/mol. The molecule has 0 unspecified atom stereocenters. The minimum atomic E-state index is -0.792. The highest BCUT2D eigenvalue weighted by molar-refractivity contribution is 9.10. The lowest BCUT2D eigenvalue weighted by molar-refractivity contribution is -0.142. The molecule has 0 saturated carbocycles. The third-order valence-corrected chi connectivity index (χ3v) is 4.81. The van der Waals surface area contributed by atoms with Crippen LogP contribution in [0.2, 0.25) is 5.02 Å². The highest BCUT2D eigenvalue weighted by Crippen LogP contribution is 2.28.